The van der Waals surface area contributed by atoms with Crippen LogP contribution in [-0.4, -0.2) is 18.2 Å². The third-order valence-electron chi connectivity index (χ3n) is 2.70. The van der Waals surface area contributed by atoms with Crippen molar-refractivity contribution in [1.82, 2.24) is 4.98 Å². The summed E-state index contributed by atoms with van der Waals surface area (Å²) < 4.78 is 11.2. The zero-order valence-corrected chi connectivity index (χ0v) is 9.83. The molecular weight excluding hydrogens is 240 g/mol. The van der Waals surface area contributed by atoms with Gasteiger partial charge in [-0.3, -0.25) is 4.98 Å². The number of pyridine rings is 1. The highest BCUT2D eigenvalue weighted by Crippen LogP contribution is 2.37. The van der Waals surface area contributed by atoms with E-state index in [1.54, 1.807) is 6.20 Å². The maximum Gasteiger partial charge on any atom is 0.163 e. The number of aromatic nitrogens is 1. The topological polar surface area (TPSA) is 57.4 Å². The fraction of sp³-hybridized carbons (Fsp3) is 0.250. The highest BCUT2D eigenvalue weighted by molar-refractivity contribution is 6.37. The molecule has 0 bridgehead atoms. The molecule has 2 aromatic rings. The van der Waals surface area contributed by atoms with Crippen LogP contribution in [0.15, 0.2) is 18.3 Å². The molecule has 1 aliphatic heterocycles. The Labute approximate surface area is 103 Å². The van der Waals surface area contributed by atoms with E-state index in [4.69, 9.17) is 26.8 Å². The minimum atomic E-state index is 0.466. The number of nitrogens with two attached hydrogens (primary N) is 1. The van der Waals surface area contributed by atoms with Gasteiger partial charge in [0.2, 0.25) is 0 Å². The first kappa shape index (κ1) is 10.5. The Kier molecular flexibility index (Phi) is 2.44. The molecule has 2 heterocycles. The normalized spacial score (nSPS) is 14.6. The predicted octanol–water partition coefficient (Wildman–Crippen LogP) is 2.63. The molecule has 0 unspecified atom stereocenters. The first-order chi connectivity index (χ1) is 8.25. The number of hydrogen-bond acceptors (Lipinski definition) is 4. The fourth-order valence-corrected chi connectivity index (χ4v) is 2.03. The van der Waals surface area contributed by atoms with Gasteiger partial charge in [0.1, 0.15) is 0 Å². The smallest absolute Gasteiger partial charge is 0.163 e. The Morgan fingerprint density at radius 2 is 1.88 bits per heavy atom. The number of nitrogens with zero attached hydrogens (tertiary/aromatic N) is 1. The standard InChI is InChI=1S/C12H11ClN2O2/c13-12-7-4-10-11(17-3-1-2-16-10)5-9(7)15-6-8(12)14/h4-6H,1-3,14H2. The molecule has 17 heavy (non-hydrogen) atoms. The van der Waals surface area contributed by atoms with Gasteiger partial charge in [0, 0.05) is 17.9 Å². The summed E-state index contributed by atoms with van der Waals surface area (Å²) in [7, 11) is 0. The molecule has 5 heteroatoms. The Morgan fingerprint density at radius 1 is 1.18 bits per heavy atom. The summed E-state index contributed by atoms with van der Waals surface area (Å²) >= 11 is 6.15. The van der Waals surface area contributed by atoms with Crippen molar-refractivity contribution >= 4 is 28.2 Å². The third kappa shape index (κ3) is 1.74. The molecule has 0 saturated heterocycles. The van der Waals surface area contributed by atoms with Crippen molar-refractivity contribution in [2.75, 3.05) is 18.9 Å². The highest BCUT2D eigenvalue weighted by atomic mass is 35.5. The largest absolute Gasteiger partial charge is 0.490 e. The van der Waals surface area contributed by atoms with Crippen LogP contribution in [0.25, 0.3) is 10.9 Å². The number of nitrogen functional groups attached to an aromatic ring is 1. The number of benzene rings is 1. The Bertz CT molecular complexity index is 586. The second kappa shape index (κ2) is 3.96. The van der Waals surface area contributed by atoms with E-state index in [1.165, 1.54) is 0 Å². The van der Waals surface area contributed by atoms with Crippen LogP contribution >= 0.6 is 11.6 Å². The van der Waals surface area contributed by atoms with Gasteiger partial charge in [0.15, 0.2) is 11.5 Å². The molecule has 3 rings (SSSR count). The van der Waals surface area contributed by atoms with Crippen molar-refractivity contribution in [3.8, 4) is 11.5 Å². The molecule has 0 saturated carbocycles. The average molecular weight is 251 g/mol. The number of anilines is 1. The minimum Gasteiger partial charge on any atom is -0.490 e. The summed E-state index contributed by atoms with van der Waals surface area (Å²) in [6.07, 6.45) is 2.42. The molecule has 88 valence electrons. The van der Waals surface area contributed by atoms with Gasteiger partial charge < -0.3 is 15.2 Å². The van der Waals surface area contributed by atoms with Gasteiger partial charge in [-0.2, -0.15) is 0 Å². The van der Waals surface area contributed by atoms with Crippen molar-refractivity contribution < 1.29 is 9.47 Å². The summed E-state index contributed by atoms with van der Waals surface area (Å²) in [5, 5.41) is 1.29. The second-order valence-corrected chi connectivity index (χ2v) is 4.27. The van der Waals surface area contributed by atoms with Crippen molar-refractivity contribution in [1.29, 1.82) is 0 Å². The van der Waals surface area contributed by atoms with Crippen molar-refractivity contribution in [3.05, 3.63) is 23.4 Å². The SMILES string of the molecule is Nc1cnc2cc3c(cc2c1Cl)OCCCO3. The molecule has 0 aliphatic carbocycles. The van der Waals surface area contributed by atoms with E-state index in [1.807, 2.05) is 12.1 Å². The number of rotatable bonds is 0. The summed E-state index contributed by atoms with van der Waals surface area (Å²) in [5.74, 6) is 1.41. The molecule has 0 atom stereocenters. The molecule has 1 aromatic heterocycles. The summed E-state index contributed by atoms with van der Waals surface area (Å²) in [6, 6.07) is 3.67. The van der Waals surface area contributed by atoms with E-state index < -0.39 is 0 Å². The molecule has 0 fully saturated rings. The Morgan fingerprint density at radius 3 is 2.65 bits per heavy atom. The van der Waals surface area contributed by atoms with Gasteiger partial charge in [-0.25, -0.2) is 0 Å². The van der Waals surface area contributed by atoms with Gasteiger partial charge in [0.05, 0.1) is 35.6 Å². The van der Waals surface area contributed by atoms with Crippen LogP contribution in [-0.2, 0) is 0 Å². The maximum absolute atomic E-state index is 6.15. The Hall–Kier alpha value is -1.68. The van der Waals surface area contributed by atoms with Crippen LogP contribution in [0.2, 0.25) is 5.02 Å². The van der Waals surface area contributed by atoms with Gasteiger partial charge in [0.25, 0.3) is 0 Å². The fourth-order valence-electron chi connectivity index (χ4n) is 1.83. The van der Waals surface area contributed by atoms with Gasteiger partial charge in [-0.15, -0.1) is 0 Å². The first-order valence-electron chi connectivity index (χ1n) is 5.39. The van der Waals surface area contributed by atoms with Crippen LogP contribution in [0.3, 0.4) is 0 Å². The van der Waals surface area contributed by atoms with Crippen LogP contribution < -0.4 is 15.2 Å². The van der Waals surface area contributed by atoms with Crippen molar-refractivity contribution in [3.63, 3.8) is 0 Å². The van der Waals surface area contributed by atoms with E-state index in [0.717, 1.165) is 17.3 Å². The monoisotopic (exact) mass is 250 g/mol. The summed E-state index contributed by atoms with van der Waals surface area (Å²) in [6.45, 7) is 1.30. The van der Waals surface area contributed by atoms with Crippen LogP contribution in [0.1, 0.15) is 6.42 Å². The van der Waals surface area contributed by atoms with E-state index >= 15 is 0 Å². The molecule has 1 aromatic carbocycles. The van der Waals surface area contributed by atoms with E-state index in [0.29, 0.717) is 35.4 Å². The molecule has 0 radical (unpaired) electrons. The lowest BCUT2D eigenvalue weighted by atomic mass is 10.2. The van der Waals surface area contributed by atoms with Crippen LogP contribution in [0, 0.1) is 0 Å². The quantitative estimate of drug-likeness (QED) is 0.781. The van der Waals surface area contributed by atoms with Gasteiger partial charge in [-0.1, -0.05) is 11.6 Å². The van der Waals surface area contributed by atoms with Gasteiger partial charge in [-0.05, 0) is 6.07 Å². The lowest BCUT2D eigenvalue weighted by molar-refractivity contribution is 0.297. The molecule has 2 N–H and O–H groups in total. The average Bonchev–Trinajstić information content (AvgIpc) is 2.57. The zero-order chi connectivity index (χ0) is 11.8. The number of ether oxygens (including phenoxy) is 2. The zero-order valence-electron chi connectivity index (χ0n) is 9.07. The van der Waals surface area contributed by atoms with E-state index in [9.17, 15) is 0 Å². The highest BCUT2D eigenvalue weighted by Gasteiger charge is 2.14. The molecular formula is C12H11ClN2O2. The third-order valence-corrected chi connectivity index (χ3v) is 3.12. The first-order valence-corrected chi connectivity index (χ1v) is 5.77. The predicted molar refractivity (Wildman–Crippen MR) is 66.8 cm³/mol. The minimum absolute atomic E-state index is 0.466. The lowest BCUT2D eigenvalue weighted by Crippen LogP contribution is -1.97. The maximum atomic E-state index is 6.15. The Balaban J connectivity index is 2.26. The molecule has 0 spiro atoms. The summed E-state index contributed by atoms with van der Waals surface area (Å²) in [5.41, 5.74) is 6.95. The molecule has 4 nitrogen and oxygen atoms in total. The van der Waals surface area contributed by atoms with E-state index in [-0.39, 0.29) is 0 Å². The molecule has 1 aliphatic rings. The van der Waals surface area contributed by atoms with Gasteiger partial charge >= 0.3 is 0 Å². The second-order valence-electron chi connectivity index (χ2n) is 3.89. The number of fused-ring (bicyclic) bond motifs is 2. The van der Waals surface area contributed by atoms with Crippen LogP contribution in [0.5, 0.6) is 11.5 Å². The van der Waals surface area contributed by atoms with E-state index in [2.05, 4.69) is 4.98 Å². The lowest BCUT2D eigenvalue weighted by Gasteiger charge is -2.10. The summed E-state index contributed by atoms with van der Waals surface area (Å²) in [4.78, 5) is 4.24. The molecule has 0 amide bonds. The van der Waals surface area contributed by atoms with Crippen molar-refractivity contribution in [2.24, 2.45) is 0 Å². The number of hydrogen-bond donors (Lipinski definition) is 1. The number of halogens is 1. The van der Waals surface area contributed by atoms with Crippen molar-refractivity contribution in [2.45, 2.75) is 6.42 Å². The van der Waals surface area contributed by atoms with Crippen LogP contribution in [0.4, 0.5) is 5.69 Å².